The van der Waals surface area contributed by atoms with Crippen LogP contribution in [-0.2, 0) is 23.7 Å². The number of hydrogen-bond acceptors (Lipinski definition) is 15. The van der Waals surface area contributed by atoms with Crippen molar-refractivity contribution in [1.82, 2.24) is 30.6 Å². The molecule has 0 aliphatic carbocycles. The zero-order valence-electron chi connectivity index (χ0n) is 30.2. The summed E-state index contributed by atoms with van der Waals surface area (Å²) in [5.41, 5.74) is -0.471. The van der Waals surface area contributed by atoms with Gasteiger partial charge in [-0.15, -0.1) is 0 Å². The van der Waals surface area contributed by atoms with E-state index in [1.54, 1.807) is 19.4 Å². The molecule has 0 saturated carbocycles. The molecule has 0 bridgehead atoms. The number of nitrogens with one attached hydrogen (secondary N) is 2. The van der Waals surface area contributed by atoms with E-state index in [0.717, 1.165) is 6.20 Å². The van der Waals surface area contributed by atoms with Gasteiger partial charge in [-0.3, -0.25) is 9.59 Å². The van der Waals surface area contributed by atoms with E-state index in [0.29, 0.717) is 10.3 Å². The highest BCUT2D eigenvalue weighted by Crippen LogP contribution is 2.14. The highest BCUT2D eigenvalue weighted by molar-refractivity contribution is 7.98. The number of amides is 2. The number of aromatic carboxylic acids is 1. The van der Waals surface area contributed by atoms with Gasteiger partial charge in [0.2, 0.25) is 0 Å². The van der Waals surface area contributed by atoms with Gasteiger partial charge in [0, 0.05) is 40.8 Å². The molecular weight excluding hydrogens is 668 g/mol. The number of aromatic nitrogens is 4. The molecule has 18 heteroatoms. The van der Waals surface area contributed by atoms with Crippen LogP contribution in [0, 0.1) is 0 Å². The van der Waals surface area contributed by atoms with E-state index in [9.17, 15) is 19.2 Å². The zero-order chi connectivity index (χ0) is 37.7. The largest absolute Gasteiger partial charge is 0.478 e. The fourth-order valence-corrected chi connectivity index (χ4v) is 3.52. The first-order valence-corrected chi connectivity index (χ1v) is 17.4. The van der Waals surface area contributed by atoms with E-state index in [1.807, 2.05) is 41.5 Å². The number of rotatable bonds is 15. The van der Waals surface area contributed by atoms with E-state index >= 15 is 0 Å². The Kier molecular flexibility index (Phi) is 31.5. The molecule has 3 N–H and O–H groups in total. The monoisotopic (exact) mass is 720 g/mol. The van der Waals surface area contributed by atoms with E-state index in [1.165, 1.54) is 58.2 Å². The predicted molar refractivity (Wildman–Crippen MR) is 185 cm³/mol. The summed E-state index contributed by atoms with van der Waals surface area (Å²) in [4.78, 5) is 63.0. The van der Waals surface area contributed by atoms with Crippen LogP contribution >= 0.6 is 23.5 Å². The number of hydrogen-bond donors (Lipinski definition) is 3. The standard InChI is InChI=1S/C13H19N3O5S.C11H15N3O5S.3C2H6/c1-5-21-12(18)8-6-15-13(22-4)16-10(8)11(17)14-7-9(19-2)20-3;1-18-7(19-2)5-12-9(15)8-6(10(16)17)4-13-11(14-8)20-3;3*1-2/h6,9H,5,7H2,1-4H3,(H,14,17);4,7H,5H2,1-3H3,(H,12,15)(H,16,17);3*1-2H3. The molecule has 2 aromatic rings. The zero-order valence-corrected chi connectivity index (χ0v) is 31.8. The molecule has 0 aliphatic heterocycles. The number of carbonyl (C=O) groups is 4. The molecule has 2 heterocycles. The molecule has 274 valence electrons. The van der Waals surface area contributed by atoms with Crippen molar-refractivity contribution in [2.75, 3.05) is 60.6 Å². The van der Waals surface area contributed by atoms with Gasteiger partial charge in [0.25, 0.3) is 11.8 Å². The Labute approximate surface area is 292 Å². The van der Waals surface area contributed by atoms with Gasteiger partial charge in [-0.1, -0.05) is 65.1 Å². The average molecular weight is 721 g/mol. The van der Waals surface area contributed by atoms with Crippen LogP contribution in [0.5, 0.6) is 0 Å². The smallest absolute Gasteiger partial charge is 0.342 e. The summed E-state index contributed by atoms with van der Waals surface area (Å²) in [5, 5.41) is 14.8. The summed E-state index contributed by atoms with van der Waals surface area (Å²) >= 11 is 2.47. The van der Waals surface area contributed by atoms with Crippen molar-refractivity contribution >= 4 is 47.3 Å². The van der Waals surface area contributed by atoms with Crippen molar-refractivity contribution in [3.8, 4) is 0 Å². The first-order chi connectivity index (χ1) is 23.1. The lowest BCUT2D eigenvalue weighted by atomic mass is 10.2. The number of esters is 1. The van der Waals surface area contributed by atoms with Crippen molar-refractivity contribution in [2.24, 2.45) is 0 Å². The number of ether oxygens (including phenoxy) is 5. The third-order valence-electron chi connectivity index (χ3n) is 4.96. The molecule has 0 unspecified atom stereocenters. The molecule has 2 rings (SSSR count). The van der Waals surface area contributed by atoms with Crippen molar-refractivity contribution < 1.29 is 48.0 Å². The lowest BCUT2D eigenvalue weighted by Gasteiger charge is -2.14. The van der Waals surface area contributed by atoms with Crippen LogP contribution in [0.3, 0.4) is 0 Å². The Bertz CT molecular complexity index is 1200. The molecule has 0 aromatic carbocycles. The lowest BCUT2D eigenvalue weighted by molar-refractivity contribution is -0.0975. The summed E-state index contributed by atoms with van der Waals surface area (Å²) in [7, 11) is 5.78. The molecule has 2 aromatic heterocycles. The van der Waals surface area contributed by atoms with E-state index in [-0.39, 0.29) is 42.2 Å². The first-order valence-electron chi connectivity index (χ1n) is 15.0. The quantitative estimate of drug-likeness (QED) is 0.103. The third kappa shape index (κ3) is 18.2. The van der Waals surface area contributed by atoms with Gasteiger partial charge in [0.05, 0.1) is 19.7 Å². The molecule has 0 spiro atoms. The second-order valence-electron chi connectivity index (χ2n) is 7.49. The van der Waals surface area contributed by atoms with Crippen LogP contribution in [0.1, 0.15) is 90.2 Å². The fourth-order valence-electron chi connectivity index (χ4n) is 2.83. The van der Waals surface area contributed by atoms with Gasteiger partial charge < -0.3 is 39.4 Å². The van der Waals surface area contributed by atoms with Crippen LogP contribution in [0.2, 0.25) is 0 Å². The summed E-state index contributed by atoms with van der Waals surface area (Å²) < 4.78 is 24.7. The van der Waals surface area contributed by atoms with Crippen molar-refractivity contribution in [3.63, 3.8) is 0 Å². The number of thioether (sulfide) groups is 2. The maximum absolute atomic E-state index is 12.2. The van der Waals surface area contributed by atoms with Crippen LogP contribution in [0.15, 0.2) is 22.7 Å². The first kappa shape index (κ1) is 49.0. The minimum absolute atomic E-state index is 0.0172. The average Bonchev–Trinajstić information content (AvgIpc) is 3.14. The Morgan fingerprint density at radius 2 is 1.06 bits per heavy atom. The van der Waals surface area contributed by atoms with Crippen molar-refractivity contribution in [1.29, 1.82) is 0 Å². The highest BCUT2D eigenvalue weighted by Gasteiger charge is 2.23. The van der Waals surface area contributed by atoms with Gasteiger partial charge in [0.1, 0.15) is 22.5 Å². The fraction of sp³-hybridized carbons (Fsp3) is 0.600. The predicted octanol–water partition coefficient (Wildman–Crippen LogP) is 4.05. The van der Waals surface area contributed by atoms with Crippen molar-refractivity contribution in [2.45, 2.75) is 71.4 Å². The summed E-state index contributed by atoms with van der Waals surface area (Å²) in [6.45, 7) is 14.1. The number of carboxylic acid groups (broad SMARTS) is 1. The SMILES string of the molecule is CC.CC.CC.CCOC(=O)c1cnc(SC)nc1C(=O)NCC(OC)OC.COC(CNC(=O)c1nc(SC)ncc1C(=O)O)OC. The van der Waals surface area contributed by atoms with Crippen molar-refractivity contribution in [3.05, 3.63) is 34.9 Å². The Morgan fingerprint density at radius 1 is 0.708 bits per heavy atom. The molecule has 0 atom stereocenters. The van der Waals surface area contributed by atoms with Crippen LogP contribution < -0.4 is 10.6 Å². The van der Waals surface area contributed by atoms with Gasteiger partial charge >= 0.3 is 11.9 Å². The normalized spacial score (nSPS) is 9.65. The van der Waals surface area contributed by atoms with Crippen LogP contribution in [0.25, 0.3) is 0 Å². The molecule has 0 aliphatic rings. The molecule has 0 fully saturated rings. The Morgan fingerprint density at radius 3 is 1.38 bits per heavy atom. The minimum atomic E-state index is -1.27. The lowest BCUT2D eigenvalue weighted by Crippen LogP contribution is -2.35. The highest BCUT2D eigenvalue weighted by atomic mass is 32.2. The van der Waals surface area contributed by atoms with E-state index in [2.05, 4.69) is 30.6 Å². The summed E-state index contributed by atoms with van der Waals surface area (Å²) in [6.07, 6.45) is 4.69. The number of carbonyl (C=O) groups excluding carboxylic acids is 3. The molecule has 2 amide bonds. The Hall–Kier alpha value is -3.42. The number of carboxylic acids is 1. The molecule has 0 saturated heterocycles. The molecule has 0 radical (unpaired) electrons. The molecule has 16 nitrogen and oxygen atoms in total. The molecular formula is C30H52N6O10S2. The second-order valence-corrected chi connectivity index (χ2v) is 9.03. The topological polar surface area (TPSA) is 210 Å². The number of nitrogens with zero attached hydrogens (tertiary/aromatic N) is 4. The van der Waals surface area contributed by atoms with E-state index in [4.69, 9.17) is 28.8 Å². The van der Waals surface area contributed by atoms with Gasteiger partial charge in [-0.25, -0.2) is 29.5 Å². The van der Waals surface area contributed by atoms with Gasteiger partial charge in [-0.05, 0) is 19.4 Å². The minimum Gasteiger partial charge on any atom is -0.478 e. The molecule has 48 heavy (non-hydrogen) atoms. The second kappa shape index (κ2) is 30.9. The number of methoxy groups -OCH3 is 4. The maximum atomic E-state index is 12.2. The third-order valence-corrected chi connectivity index (χ3v) is 6.09. The van der Waals surface area contributed by atoms with Crippen LogP contribution in [-0.4, -0.2) is 122 Å². The Balaban J connectivity index is -0.000000732. The maximum Gasteiger partial charge on any atom is 0.342 e. The summed E-state index contributed by atoms with van der Waals surface area (Å²) in [5.74, 6) is -3.06. The van der Waals surface area contributed by atoms with Crippen LogP contribution in [0.4, 0.5) is 0 Å². The van der Waals surface area contributed by atoms with E-state index < -0.39 is 36.3 Å². The summed E-state index contributed by atoms with van der Waals surface area (Å²) in [6, 6.07) is 0. The van der Waals surface area contributed by atoms with Gasteiger partial charge in [0.15, 0.2) is 22.9 Å². The van der Waals surface area contributed by atoms with Gasteiger partial charge in [-0.2, -0.15) is 0 Å².